The number of nitrogens with one attached hydrogen (secondary N) is 1. The molecule has 1 saturated heterocycles. The standard InChI is InChI=1S/C9H9BrN2O3/c10-8-6(1-4-15-8)9(14)12-3-2-11-7(13)5-12/h1,4H,2-3,5H2,(H,11,13). The van der Waals surface area contributed by atoms with Crippen molar-refractivity contribution in [3.05, 3.63) is 22.6 Å². The molecule has 1 aliphatic rings. The third-order valence-corrected chi connectivity index (χ3v) is 2.79. The maximum atomic E-state index is 11.9. The van der Waals surface area contributed by atoms with E-state index in [-0.39, 0.29) is 18.4 Å². The van der Waals surface area contributed by atoms with E-state index >= 15 is 0 Å². The third-order valence-electron chi connectivity index (χ3n) is 2.17. The van der Waals surface area contributed by atoms with Crippen LogP contribution in [0.3, 0.4) is 0 Å². The lowest BCUT2D eigenvalue weighted by Gasteiger charge is -2.26. The Morgan fingerprint density at radius 3 is 3.00 bits per heavy atom. The average molecular weight is 273 g/mol. The maximum Gasteiger partial charge on any atom is 0.258 e. The number of hydrogen-bond donors (Lipinski definition) is 1. The van der Waals surface area contributed by atoms with Crippen molar-refractivity contribution in [2.45, 2.75) is 0 Å². The molecule has 1 fully saturated rings. The van der Waals surface area contributed by atoms with Crippen molar-refractivity contribution in [1.82, 2.24) is 10.2 Å². The second kappa shape index (κ2) is 4.06. The molecule has 1 aromatic heterocycles. The summed E-state index contributed by atoms with van der Waals surface area (Å²) in [6.45, 7) is 1.14. The second-order valence-corrected chi connectivity index (χ2v) is 3.90. The largest absolute Gasteiger partial charge is 0.457 e. The fraction of sp³-hybridized carbons (Fsp3) is 0.333. The van der Waals surface area contributed by atoms with E-state index in [0.29, 0.717) is 23.3 Å². The quantitative estimate of drug-likeness (QED) is 0.815. The van der Waals surface area contributed by atoms with Crippen LogP contribution in [0.4, 0.5) is 0 Å². The van der Waals surface area contributed by atoms with Crippen molar-refractivity contribution in [3.63, 3.8) is 0 Å². The van der Waals surface area contributed by atoms with Crippen LogP contribution in [0.25, 0.3) is 0 Å². The highest BCUT2D eigenvalue weighted by Gasteiger charge is 2.24. The van der Waals surface area contributed by atoms with Crippen LogP contribution >= 0.6 is 15.9 Å². The zero-order valence-corrected chi connectivity index (χ0v) is 9.41. The van der Waals surface area contributed by atoms with Gasteiger partial charge in [0.2, 0.25) is 5.91 Å². The Bertz CT molecular complexity index is 402. The summed E-state index contributed by atoms with van der Waals surface area (Å²) in [5.41, 5.74) is 0.449. The molecule has 5 nitrogen and oxygen atoms in total. The Kier molecular flexibility index (Phi) is 2.77. The summed E-state index contributed by atoms with van der Waals surface area (Å²) in [5, 5.41) is 2.66. The number of amides is 2. The van der Waals surface area contributed by atoms with E-state index in [1.54, 1.807) is 6.07 Å². The van der Waals surface area contributed by atoms with Gasteiger partial charge >= 0.3 is 0 Å². The van der Waals surface area contributed by atoms with Crippen molar-refractivity contribution in [1.29, 1.82) is 0 Å². The van der Waals surface area contributed by atoms with Crippen LogP contribution in [0, 0.1) is 0 Å². The Balaban J connectivity index is 2.14. The Morgan fingerprint density at radius 2 is 2.40 bits per heavy atom. The number of piperazine rings is 1. The number of halogens is 1. The molecular formula is C9H9BrN2O3. The molecular weight excluding hydrogens is 264 g/mol. The summed E-state index contributed by atoms with van der Waals surface area (Å²) in [4.78, 5) is 24.5. The first kappa shape index (κ1) is 10.2. The molecule has 15 heavy (non-hydrogen) atoms. The normalized spacial score (nSPS) is 16.3. The van der Waals surface area contributed by atoms with Crippen LogP contribution in [0.1, 0.15) is 10.4 Å². The molecule has 2 heterocycles. The van der Waals surface area contributed by atoms with E-state index in [9.17, 15) is 9.59 Å². The summed E-state index contributed by atoms with van der Waals surface area (Å²) in [5.74, 6) is -0.320. The first-order valence-electron chi connectivity index (χ1n) is 4.47. The zero-order chi connectivity index (χ0) is 10.8. The highest BCUT2D eigenvalue weighted by atomic mass is 79.9. The van der Waals surface area contributed by atoms with E-state index in [1.165, 1.54) is 11.2 Å². The summed E-state index contributed by atoms with van der Waals surface area (Å²) < 4.78 is 5.37. The third kappa shape index (κ3) is 2.04. The zero-order valence-electron chi connectivity index (χ0n) is 7.83. The molecule has 6 heteroatoms. The van der Waals surface area contributed by atoms with E-state index < -0.39 is 0 Å². The molecule has 0 atom stereocenters. The molecule has 2 rings (SSSR count). The lowest BCUT2D eigenvalue weighted by atomic mass is 10.2. The first-order chi connectivity index (χ1) is 7.18. The Hall–Kier alpha value is -1.30. The van der Waals surface area contributed by atoms with Crippen LogP contribution in [-0.4, -0.2) is 36.3 Å². The van der Waals surface area contributed by atoms with Crippen molar-refractivity contribution >= 4 is 27.7 Å². The fourth-order valence-corrected chi connectivity index (χ4v) is 1.84. The lowest BCUT2D eigenvalue weighted by molar-refractivity contribution is -0.123. The van der Waals surface area contributed by atoms with Gasteiger partial charge in [0.1, 0.15) is 0 Å². The number of furan rings is 1. The van der Waals surface area contributed by atoms with Gasteiger partial charge in [0.25, 0.3) is 5.91 Å². The molecule has 1 N–H and O–H groups in total. The number of nitrogens with zero attached hydrogens (tertiary/aromatic N) is 1. The highest BCUT2D eigenvalue weighted by Crippen LogP contribution is 2.19. The van der Waals surface area contributed by atoms with Crippen LogP contribution in [0.5, 0.6) is 0 Å². The number of hydrogen-bond acceptors (Lipinski definition) is 3. The summed E-state index contributed by atoms with van der Waals surface area (Å²) in [6.07, 6.45) is 1.43. The summed E-state index contributed by atoms with van der Waals surface area (Å²) in [7, 11) is 0. The van der Waals surface area contributed by atoms with Crippen molar-refractivity contribution < 1.29 is 14.0 Å². The molecule has 0 radical (unpaired) electrons. The van der Waals surface area contributed by atoms with Crippen molar-refractivity contribution in [2.75, 3.05) is 19.6 Å². The SMILES string of the molecule is O=C1CN(C(=O)c2ccoc2Br)CCN1. The van der Waals surface area contributed by atoms with Gasteiger partial charge in [-0.2, -0.15) is 0 Å². The van der Waals surface area contributed by atoms with Crippen molar-refractivity contribution in [2.24, 2.45) is 0 Å². The number of carbonyl (C=O) groups is 2. The maximum absolute atomic E-state index is 11.9. The Morgan fingerprint density at radius 1 is 1.60 bits per heavy atom. The number of carbonyl (C=O) groups excluding carboxylic acids is 2. The van der Waals surface area contributed by atoms with E-state index in [2.05, 4.69) is 21.2 Å². The van der Waals surface area contributed by atoms with E-state index in [4.69, 9.17) is 4.42 Å². The molecule has 2 amide bonds. The van der Waals surface area contributed by atoms with Gasteiger partial charge in [-0.1, -0.05) is 0 Å². The van der Waals surface area contributed by atoms with Gasteiger partial charge in [-0.15, -0.1) is 0 Å². The lowest BCUT2D eigenvalue weighted by Crippen LogP contribution is -2.49. The van der Waals surface area contributed by atoms with E-state index in [0.717, 1.165) is 0 Å². The molecule has 0 aromatic carbocycles. The summed E-state index contributed by atoms with van der Waals surface area (Å²) in [6, 6.07) is 1.58. The van der Waals surface area contributed by atoms with Crippen LogP contribution in [0.2, 0.25) is 0 Å². The molecule has 80 valence electrons. The molecule has 1 aromatic rings. The number of rotatable bonds is 1. The van der Waals surface area contributed by atoms with Gasteiger partial charge in [-0.3, -0.25) is 9.59 Å². The first-order valence-corrected chi connectivity index (χ1v) is 5.27. The van der Waals surface area contributed by atoms with E-state index in [1.807, 2.05) is 0 Å². The fourth-order valence-electron chi connectivity index (χ4n) is 1.43. The topological polar surface area (TPSA) is 62.6 Å². The minimum absolute atomic E-state index is 0.108. The minimum Gasteiger partial charge on any atom is -0.457 e. The molecule has 0 spiro atoms. The van der Waals surface area contributed by atoms with Crippen LogP contribution in [-0.2, 0) is 4.79 Å². The molecule has 0 bridgehead atoms. The van der Waals surface area contributed by atoms with Crippen molar-refractivity contribution in [3.8, 4) is 0 Å². The van der Waals surface area contributed by atoms with Gasteiger partial charge in [-0.25, -0.2) is 0 Å². The molecule has 0 saturated carbocycles. The van der Waals surface area contributed by atoms with Gasteiger partial charge in [0.15, 0.2) is 4.67 Å². The average Bonchev–Trinajstić information content (AvgIpc) is 2.63. The molecule has 1 aliphatic heterocycles. The Labute approximate surface area is 94.5 Å². The predicted octanol–water partition coefficient (Wildman–Crippen LogP) is 0.614. The van der Waals surface area contributed by atoms with Crippen LogP contribution < -0.4 is 5.32 Å². The molecule has 0 aliphatic carbocycles. The van der Waals surface area contributed by atoms with Gasteiger partial charge in [0, 0.05) is 13.1 Å². The summed E-state index contributed by atoms with van der Waals surface area (Å²) >= 11 is 3.13. The minimum atomic E-state index is -0.189. The smallest absolute Gasteiger partial charge is 0.258 e. The van der Waals surface area contributed by atoms with Crippen LogP contribution in [0.15, 0.2) is 21.4 Å². The highest BCUT2D eigenvalue weighted by molar-refractivity contribution is 9.10. The van der Waals surface area contributed by atoms with Gasteiger partial charge < -0.3 is 14.6 Å². The van der Waals surface area contributed by atoms with Gasteiger partial charge in [0.05, 0.1) is 18.4 Å². The second-order valence-electron chi connectivity index (χ2n) is 3.18. The molecule has 0 unspecified atom stereocenters. The monoisotopic (exact) mass is 272 g/mol. The predicted molar refractivity (Wildman–Crippen MR) is 55.3 cm³/mol. The van der Waals surface area contributed by atoms with Gasteiger partial charge in [-0.05, 0) is 22.0 Å².